The Hall–Kier alpha value is -5.11. The zero-order valence-corrected chi connectivity index (χ0v) is 23.0. The molecule has 0 aromatic carbocycles. The van der Waals surface area contributed by atoms with Crippen LogP contribution in [0.4, 0.5) is 58.5 Å². The number of anilines is 1. The van der Waals surface area contributed by atoms with Crippen molar-refractivity contribution >= 4 is 29.2 Å². The molecule has 24 heteroatoms. The first kappa shape index (κ1) is 40.9. The van der Waals surface area contributed by atoms with E-state index in [-0.39, 0.29) is 23.8 Å². The summed E-state index contributed by atoms with van der Waals surface area (Å²) in [5, 5.41) is 15.9. The Bertz CT molecular complexity index is 1520. The van der Waals surface area contributed by atoms with Gasteiger partial charge < -0.3 is 15.2 Å². The predicted molar refractivity (Wildman–Crippen MR) is 126 cm³/mol. The number of methoxy groups -OCH3 is 1. The van der Waals surface area contributed by atoms with Crippen molar-refractivity contribution in [3.8, 4) is 6.07 Å². The second kappa shape index (κ2) is 16.3. The smallest absolute Gasteiger partial charge is 0.464 e. The standard InChI is InChI=1S/C10H8F3N3O2.C4H4F3N3.C4H2F3NO.C4H5F3O2/c1-5-3-6(9(17)18-2)14-8-4-7(10(11,12)13)15-16(5)8;5-4(6,7)2-1-3(8)10-9-2;5-4(6,7)3(9)1-2-8;1-2-9-3(8)4(5,6)7/h3-4H,1-2H3;1H,(H3,8,9,10);1H2;2H2,1H3. The third kappa shape index (κ3) is 13.7. The minimum atomic E-state index is -4.85. The Morgan fingerprint density at radius 2 is 1.52 bits per heavy atom. The van der Waals surface area contributed by atoms with Gasteiger partial charge in [0.25, 0.3) is 0 Å². The summed E-state index contributed by atoms with van der Waals surface area (Å²) in [4.78, 5) is 34.5. The zero-order valence-electron chi connectivity index (χ0n) is 23.0. The molecule has 256 valence electrons. The van der Waals surface area contributed by atoms with Crippen LogP contribution in [0, 0.1) is 18.3 Å². The minimum Gasteiger partial charge on any atom is -0.464 e. The van der Waals surface area contributed by atoms with Gasteiger partial charge in [-0.05, 0) is 19.9 Å². The van der Waals surface area contributed by atoms with E-state index in [1.54, 1.807) is 5.10 Å². The second-order valence-electron chi connectivity index (χ2n) is 7.75. The number of nitrogens with one attached hydrogen (secondary N) is 1. The Morgan fingerprint density at radius 3 is 1.83 bits per heavy atom. The van der Waals surface area contributed by atoms with Crippen LogP contribution in [0.5, 0.6) is 0 Å². The summed E-state index contributed by atoms with van der Waals surface area (Å²) in [7, 11) is 1.17. The number of nitrogen functional groups attached to an aromatic ring is 1. The number of H-pyrrole nitrogens is 1. The molecule has 0 unspecified atom stereocenters. The summed E-state index contributed by atoms with van der Waals surface area (Å²) in [6.45, 7) is 2.58. The summed E-state index contributed by atoms with van der Waals surface area (Å²) < 4.78 is 149. The van der Waals surface area contributed by atoms with Crippen molar-refractivity contribution in [3.63, 3.8) is 0 Å². The summed E-state index contributed by atoms with van der Waals surface area (Å²) >= 11 is 0. The van der Waals surface area contributed by atoms with Crippen molar-refractivity contribution in [2.75, 3.05) is 19.5 Å². The number of esters is 2. The van der Waals surface area contributed by atoms with E-state index >= 15 is 0 Å². The summed E-state index contributed by atoms with van der Waals surface area (Å²) in [5.74, 6) is -5.00. The number of halogens is 12. The van der Waals surface area contributed by atoms with Crippen LogP contribution in [-0.4, -0.2) is 68.6 Å². The number of aryl methyl sites for hydroxylation is 1. The first-order chi connectivity index (χ1) is 20.8. The van der Waals surface area contributed by atoms with Gasteiger partial charge in [-0.15, -0.1) is 0 Å². The Kier molecular flexibility index (Phi) is 14.5. The molecular weight excluding hydrogens is 670 g/mol. The maximum Gasteiger partial charge on any atom is 0.490 e. The molecule has 0 bridgehead atoms. The lowest BCUT2D eigenvalue weighted by Crippen LogP contribution is -2.25. The SMILES string of the molecule is CCOC(=O)C(F)(F)F.COC(=O)c1cc(C)n2nc(C(F)(F)F)cc2n1.N#CCC(=O)C(F)(F)F.Nc1cc(C(F)(F)F)[nH]n1. The molecule has 0 aliphatic carbocycles. The third-order valence-electron chi connectivity index (χ3n) is 4.26. The highest BCUT2D eigenvalue weighted by molar-refractivity contribution is 5.87. The van der Waals surface area contributed by atoms with Crippen LogP contribution in [0.2, 0.25) is 0 Å². The highest BCUT2D eigenvalue weighted by Crippen LogP contribution is 2.29. The molecule has 0 amide bonds. The fourth-order valence-electron chi connectivity index (χ4n) is 2.34. The van der Waals surface area contributed by atoms with Gasteiger partial charge in [0, 0.05) is 17.8 Å². The first-order valence-corrected chi connectivity index (χ1v) is 11.4. The lowest BCUT2D eigenvalue weighted by atomic mass is 10.3. The fourth-order valence-corrected chi connectivity index (χ4v) is 2.34. The van der Waals surface area contributed by atoms with Crippen LogP contribution >= 0.6 is 0 Å². The topological polar surface area (TPSA) is 178 Å². The number of Topliss-reactive ketones (excluding diaryl/α,β-unsaturated/α-hetero) is 1. The van der Waals surface area contributed by atoms with Crippen molar-refractivity contribution < 1.29 is 76.5 Å². The molecule has 0 saturated carbocycles. The average Bonchev–Trinajstić information content (AvgIpc) is 3.55. The largest absolute Gasteiger partial charge is 0.490 e. The van der Waals surface area contributed by atoms with Gasteiger partial charge in [-0.3, -0.25) is 9.89 Å². The maximum atomic E-state index is 12.5. The molecule has 3 N–H and O–H groups in total. The first-order valence-electron chi connectivity index (χ1n) is 11.4. The van der Waals surface area contributed by atoms with Crippen LogP contribution in [0.3, 0.4) is 0 Å². The molecule has 0 fully saturated rings. The number of nitrogens with zero attached hydrogens (tertiary/aromatic N) is 5. The number of hydrogen-bond donors (Lipinski definition) is 2. The highest BCUT2D eigenvalue weighted by Gasteiger charge is 2.40. The zero-order chi connectivity index (χ0) is 36.3. The number of ketones is 1. The number of nitrogens with two attached hydrogens (primary N) is 1. The van der Waals surface area contributed by atoms with E-state index in [4.69, 9.17) is 11.0 Å². The predicted octanol–water partition coefficient (Wildman–Crippen LogP) is 5.00. The summed E-state index contributed by atoms with van der Waals surface area (Å²) in [5.41, 5.74) is 3.20. The van der Waals surface area contributed by atoms with E-state index in [2.05, 4.69) is 24.7 Å². The number of aromatic amines is 1. The monoisotopic (exact) mass is 689 g/mol. The van der Waals surface area contributed by atoms with Crippen LogP contribution in [0.15, 0.2) is 18.2 Å². The number of alkyl halides is 12. The molecule has 0 radical (unpaired) electrons. The molecule has 3 aromatic heterocycles. The number of ether oxygens (including phenoxy) is 2. The molecule has 3 rings (SSSR count). The van der Waals surface area contributed by atoms with Gasteiger partial charge in [-0.25, -0.2) is 19.1 Å². The lowest BCUT2D eigenvalue weighted by Gasteiger charge is -2.02. The number of hydrogen-bond acceptors (Lipinski definition) is 10. The van der Waals surface area contributed by atoms with E-state index in [0.29, 0.717) is 5.69 Å². The normalized spacial score (nSPS) is 11.4. The summed E-state index contributed by atoms with van der Waals surface area (Å²) in [6, 6.07) is 3.93. The van der Waals surface area contributed by atoms with Gasteiger partial charge in [0.15, 0.2) is 17.0 Å². The number of fused-ring (bicyclic) bond motifs is 1. The van der Waals surface area contributed by atoms with Gasteiger partial charge in [0.1, 0.15) is 17.9 Å². The molecule has 0 saturated heterocycles. The number of aromatic nitrogens is 5. The van der Waals surface area contributed by atoms with E-state index in [0.717, 1.165) is 22.7 Å². The number of rotatable bonds is 3. The molecule has 3 heterocycles. The summed E-state index contributed by atoms with van der Waals surface area (Å²) in [6.07, 6.45) is -19.7. The van der Waals surface area contributed by atoms with E-state index in [9.17, 15) is 67.1 Å². The molecule has 3 aromatic rings. The van der Waals surface area contributed by atoms with E-state index < -0.39 is 60.2 Å². The van der Waals surface area contributed by atoms with Crippen LogP contribution < -0.4 is 5.73 Å². The average molecular weight is 689 g/mol. The quantitative estimate of drug-likeness (QED) is 0.281. The molecule has 0 aliphatic rings. The van der Waals surface area contributed by atoms with E-state index in [1.807, 2.05) is 0 Å². The Labute approximate surface area is 248 Å². The third-order valence-corrected chi connectivity index (χ3v) is 4.26. The van der Waals surface area contributed by atoms with Crippen molar-refractivity contribution in [2.24, 2.45) is 0 Å². The minimum absolute atomic E-state index is 0.0530. The highest BCUT2D eigenvalue weighted by atomic mass is 19.4. The van der Waals surface area contributed by atoms with Crippen LogP contribution in [0.1, 0.15) is 40.9 Å². The second-order valence-corrected chi connectivity index (χ2v) is 7.75. The Balaban J connectivity index is 0.000000625. The van der Waals surface area contributed by atoms with Gasteiger partial charge in [0.05, 0.1) is 19.8 Å². The van der Waals surface area contributed by atoms with Crippen LogP contribution in [-0.2, 0) is 31.4 Å². The fraction of sp³-hybridized carbons (Fsp3) is 0.409. The van der Waals surface area contributed by atoms with Crippen molar-refractivity contribution in [1.82, 2.24) is 24.8 Å². The van der Waals surface area contributed by atoms with Gasteiger partial charge in [0.2, 0.25) is 5.78 Å². The van der Waals surface area contributed by atoms with Gasteiger partial charge in [-0.2, -0.15) is 68.1 Å². The maximum absolute atomic E-state index is 12.5. The number of nitriles is 1. The number of carbonyl (C=O) groups is 3. The van der Waals surface area contributed by atoms with Gasteiger partial charge >= 0.3 is 36.6 Å². The number of carbonyl (C=O) groups excluding carboxylic acids is 3. The van der Waals surface area contributed by atoms with Gasteiger partial charge in [-0.1, -0.05) is 0 Å². The molecular formula is C22H19F12N7O5. The van der Waals surface area contributed by atoms with Crippen molar-refractivity contribution in [3.05, 3.63) is 41.0 Å². The molecule has 12 nitrogen and oxygen atoms in total. The molecule has 0 aliphatic heterocycles. The molecule has 0 spiro atoms. The lowest BCUT2D eigenvalue weighted by molar-refractivity contribution is -0.199. The van der Waals surface area contributed by atoms with E-state index in [1.165, 1.54) is 27.0 Å². The Morgan fingerprint density at radius 1 is 0.957 bits per heavy atom. The van der Waals surface area contributed by atoms with Crippen molar-refractivity contribution in [2.45, 2.75) is 45.0 Å². The molecule has 46 heavy (non-hydrogen) atoms. The van der Waals surface area contributed by atoms with Crippen LogP contribution in [0.25, 0.3) is 5.65 Å². The molecule has 0 atom stereocenters. The van der Waals surface area contributed by atoms with Crippen molar-refractivity contribution in [1.29, 1.82) is 5.26 Å².